The highest BCUT2D eigenvalue weighted by molar-refractivity contribution is 5.96. The molecule has 4 atom stereocenters. The monoisotopic (exact) mass is 1370 g/mol. The molecule has 4 aromatic rings. The smallest absolute Gasteiger partial charge is 0.0726 e. The van der Waals surface area contributed by atoms with Crippen LogP contribution in [0, 0.1) is 0 Å². The second-order valence-corrected chi connectivity index (χ2v) is 31.6. The molecule has 0 aliphatic heterocycles. The summed E-state index contributed by atoms with van der Waals surface area (Å²) in [5.74, 6) is 3.65. The second-order valence-electron chi connectivity index (χ2n) is 31.6. The standard InChI is InChI=1S/2C40H60N4.2C6H14/c2*1-25(2)33-17-15-18-34(26(3)4)39(33)43-31(11)23-29(9)41-37-21-13-14-22-38(37)42-30(10)24-32(12)44-40-35(27(5)6)19-16-20-36(40)28(7)8;2*1-3-5-6-4-2/h2*15-20,23-28,37-38,43-44H,13-14,21-22H2,1-12H3;2*3-6H2,1-2H3/b2*31-23-,32-24-,41-29?,42-30?;;/t2*37-,38-;;/m00../s1. The van der Waals surface area contributed by atoms with Gasteiger partial charge in [0.25, 0.3) is 0 Å². The van der Waals surface area contributed by atoms with E-state index < -0.39 is 0 Å². The van der Waals surface area contributed by atoms with Crippen LogP contribution in [0.4, 0.5) is 22.7 Å². The molecule has 100 heavy (non-hydrogen) atoms. The third kappa shape index (κ3) is 30.3. The minimum atomic E-state index is 0.216. The van der Waals surface area contributed by atoms with Crippen LogP contribution in [0.5, 0.6) is 0 Å². The number of aliphatic imine (C=N–C) groups is 4. The summed E-state index contributed by atoms with van der Waals surface area (Å²) in [4.78, 5) is 20.9. The Morgan fingerprint density at radius 1 is 0.290 bits per heavy atom. The minimum absolute atomic E-state index is 0.216. The van der Waals surface area contributed by atoms with Crippen LogP contribution in [0.3, 0.4) is 0 Å². The van der Waals surface area contributed by atoms with Crippen LogP contribution in [0.1, 0.15) is 388 Å². The number of hydrogen-bond donors (Lipinski definition) is 4. The van der Waals surface area contributed by atoms with Crippen molar-refractivity contribution in [1.29, 1.82) is 0 Å². The molecule has 6 rings (SSSR count). The molecule has 0 saturated heterocycles. The Bertz CT molecular complexity index is 2770. The van der Waals surface area contributed by atoms with Gasteiger partial charge in [0.15, 0.2) is 0 Å². The van der Waals surface area contributed by atoms with E-state index in [1.165, 1.54) is 144 Å². The fraction of sp³-hybridized carbons (Fsp3) is 0.609. The predicted molar refractivity (Wildman–Crippen MR) is 452 cm³/mol. The quantitative estimate of drug-likeness (QED) is 0.0309. The maximum Gasteiger partial charge on any atom is 0.0726 e. The normalized spacial score (nSPS) is 17.8. The highest BCUT2D eigenvalue weighted by Gasteiger charge is 2.27. The molecule has 2 fully saturated rings. The van der Waals surface area contributed by atoms with Crippen molar-refractivity contribution in [1.82, 2.24) is 0 Å². The molecule has 4 aromatic carbocycles. The van der Waals surface area contributed by atoms with Gasteiger partial charge in [0.1, 0.15) is 0 Å². The van der Waals surface area contributed by atoms with Crippen molar-refractivity contribution in [3.63, 3.8) is 0 Å². The first kappa shape index (κ1) is 87.9. The maximum atomic E-state index is 5.23. The van der Waals surface area contributed by atoms with E-state index in [0.29, 0.717) is 47.3 Å². The number of hydrogen-bond acceptors (Lipinski definition) is 8. The average Bonchev–Trinajstić information content (AvgIpc) is 0.842. The SMILES string of the molecule is CC(/C=C(/C)Nc1c(C(C)C)cccc1C(C)C)=N[C@H]1CCCC[C@@H]1N=C(C)/C=C(/C)Nc1c(C(C)C)cccc1C(C)C.CC(/C=C(/C)Nc1c(C(C)C)cccc1C(C)C)=N[C@H]1CCCC[C@@H]1N=C(C)/C=C(/C)Nc1c(C(C)C)cccc1C(C)C.CCCCCC.CCCCCC. The molecule has 0 amide bonds. The van der Waals surface area contributed by atoms with E-state index in [2.05, 4.69) is 312 Å². The van der Waals surface area contributed by atoms with Gasteiger partial charge in [-0.15, -0.1) is 0 Å². The van der Waals surface area contributed by atoms with Crippen LogP contribution in [-0.4, -0.2) is 47.0 Å². The third-order valence-corrected chi connectivity index (χ3v) is 19.3. The summed E-state index contributed by atoms with van der Waals surface area (Å²) in [5.41, 5.74) is 24.7. The van der Waals surface area contributed by atoms with Gasteiger partial charge in [-0.2, -0.15) is 0 Å². The molecule has 0 spiro atoms. The van der Waals surface area contributed by atoms with Crippen molar-refractivity contribution in [2.45, 2.75) is 368 Å². The molecule has 0 radical (unpaired) electrons. The first-order chi connectivity index (χ1) is 47.4. The number of rotatable bonds is 30. The Hall–Kier alpha value is -6.28. The molecular weight excluding hydrogens is 1220 g/mol. The van der Waals surface area contributed by atoms with Crippen molar-refractivity contribution >= 4 is 45.6 Å². The zero-order valence-corrected chi connectivity index (χ0v) is 69.3. The lowest BCUT2D eigenvalue weighted by Crippen LogP contribution is -2.28. The lowest BCUT2D eigenvalue weighted by atomic mass is 9.90. The predicted octanol–water partition coefficient (Wildman–Crippen LogP) is 28.7. The van der Waals surface area contributed by atoms with E-state index in [-0.39, 0.29) is 24.2 Å². The van der Waals surface area contributed by atoms with Gasteiger partial charge in [-0.25, -0.2) is 0 Å². The van der Waals surface area contributed by atoms with Crippen molar-refractivity contribution in [3.8, 4) is 0 Å². The lowest BCUT2D eigenvalue weighted by Gasteiger charge is -2.27. The number of benzene rings is 4. The summed E-state index contributed by atoms with van der Waals surface area (Å²) >= 11 is 0. The third-order valence-electron chi connectivity index (χ3n) is 19.3. The van der Waals surface area contributed by atoms with E-state index >= 15 is 0 Å². The van der Waals surface area contributed by atoms with Crippen LogP contribution in [0.2, 0.25) is 0 Å². The van der Waals surface area contributed by atoms with E-state index in [4.69, 9.17) is 20.0 Å². The van der Waals surface area contributed by atoms with Gasteiger partial charge in [-0.1, -0.05) is 288 Å². The highest BCUT2D eigenvalue weighted by Crippen LogP contribution is 2.38. The van der Waals surface area contributed by atoms with Crippen LogP contribution >= 0.6 is 0 Å². The molecule has 8 heteroatoms. The van der Waals surface area contributed by atoms with Crippen LogP contribution in [0.25, 0.3) is 0 Å². The topological polar surface area (TPSA) is 97.6 Å². The second kappa shape index (κ2) is 46.4. The number of anilines is 4. The first-order valence-corrected chi connectivity index (χ1v) is 39.9. The summed E-state index contributed by atoms with van der Waals surface area (Å²) in [6.45, 7) is 62.4. The van der Waals surface area contributed by atoms with Crippen LogP contribution < -0.4 is 21.3 Å². The lowest BCUT2D eigenvalue weighted by molar-refractivity contribution is 0.388. The maximum absolute atomic E-state index is 5.23. The molecular formula is C92H148N8. The highest BCUT2D eigenvalue weighted by atomic mass is 15.0. The molecule has 0 heterocycles. The summed E-state index contributed by atoms with van der Waals surface area (Å²) in [6.07, 6.45) is 29.1. The molecule has 556 valence electrons. The van der Waals surface area contributed by atoms with Gasteiger partial charge in [-0.3, -0.25) is 20.0 Å². The molecule has 2 aliphatic rings. The molecule has 4 N–H and O–H groups in total. The summed E-state index contributed by atoms with van der Waals surface area (Å²) in [6, 6.07) is 27.6. The fourth-order valence-electron chi connectivity index (χ4n) is 13.9. The fourth-order valence-corrected chi connectivity index (χ4v) is 13.9. The van der Waals surface area contributed by atoms with Gasteiger partial charge in [0.2, 0.25) is 0 Å². The molecule has 0 aromatic heterocycles. The number of nitrogens with one attached hydrogen (secondary N) is 4. The number of unbranched alkanes of at least 4 members (excludes halogenated alkanes) is 6. The van der Waals surface area contributed by atoms with Gasteiger partial charge in [0.05, 0.1) is 24.2 Å². The van der Waals surface area contributed by atoms with Crippen LogP contribution in [-0.2, 0) is 0 Å². The zero-order chi connectivity index (χ0) is 74.8. The minimum Gasteiger partial charge on any atom is -0.359 e. The summed E-state index contributed by atoms with van der Waals surface area (Å²) < 4.78 is 0. The summed E-state index contributed by atoms with van der Waals surface area (Å²) in [5, 5.41) is 15.0. The Kier molecular flexibility index (Phi) is 40.8. The van der Waals surface area contributed by atoms with E-state index in [0.717, 1.165) is 71.3 Å². The molecule has 0 unspecified atom stereocenters. The number of para-hydroxylation sites is 4. The van der Waals surface area contributed by atoms with Crippen molar-refractivity contribution in [2.24, 2.45) is 20.0 Å². The molecule has 2 saturated carbocycles. The van der Waals surface area contributed by atoms with Crippen molar-refractivity contribution in [3.05, 3.63) is 164 Å². The largest absolute Gasteiger partial charge is 0.359 e. The Balaban J connectivity index is 0.000000446. The summed E-state index contributed by atoms with van der Waals surface area (Å²) in [7, 11) is 0. The van der Waals surface area contributed by atoms with Gasteiger partial charge < -0.3 is 21.3 Å². The average molecular weight is 1370 g/mol. The molecule has 0 bridgehead atoms. The Morgan fingerprint density at radius 2 is 0.440 bits per heavy atom. The van der Waals surface area contributed by atoms with Gasteiger partial charge in [-0.05, 0) is 197 Å². The van der Waals surface area contributed by atoms with Gasteiger partial charge in [0, 0.05) is 68.4 Å². The number of nitrogens with zero attached hydrogens (tertiary/aromatic N) is 4. The van der Waals surface area contributed by atoms with E-state index in [9.17, 15) is 0 Å². The zero-order valence-electron chi connectivity index (χ0n) is 69.3. The van der Waals surface area contributed by atoms with E-state index in [1.807, 2.05) is 0 Å². The van der Waals surface area contributed by atoms with Gasteiger partial charge >= 0.3 is 0 Å². The number of allylic oxidation sites excluding steroid dienone is 8. The van der Waals surface area contributed by atoms with E-state index in [1.54, 1.807) is 0 Å². The molecule has 2 aliphatic carbocycles. The Labute approximate surface area is 615 Å². The molecule has 8 nitrogen and oxygen atoms in total. The van der Waals surface area contributed by atoms with Crippen molar-refractivity contribution in [2.75, 3.05) is 21.3 Å². The Morgan fingerprint density at radius 3 is 0.570 bits per heavy atom. The van der Waals surface area contributed by atoms with Crippen molar-refractivity contribution < 1.29 is 0 Å². The first-order valence-electron chi connectivity index (χ1n) is 39.9. The van der Waals surface area contributed by atoms with Crippen LogP contribution in [0.15, 0.2) is 140 Å².